The normalized spacial score (nSPS) is 10.4. The second kappa shape index (κ2) is 7.50. The average molecular weight is 371 g/mol. The highest BCUT2D eigenvalue weighted by atomic mass is 32.1. The molecule has 0 unspecified atom stereocenters. The van der Waals surface area contributed by atoms with Gasteiger partial charge < -0.3 is 15.8 Å². The molecule has 1 aromatic heterocycles. The molecule has 3 rings (SSSR count). The van der Waals surface area contributed by atoms with E-state index in [0.717, 1.165) is 5.56 Å². The Morgan fingerprint density at radius 3 is 2.60 bits per heavy atom. The molecule has 0 aliphatic rings. The van der Waals surface area contributed by atoms with Crippen molar-refractivity contribution in [1.29, 1.82) is 0 Å². The van der Waals surface area contributed by atoms with Crippen LogP contribution in [0, 0.1) is 3.95 Å². The predicted molar refractivity (Wildman–Crippen MR) is 103 cm³/mol. The lowest BCUT2D eigenvalue weighted by atomic mass is 10.2. The molecule has 128 valence electrons. The van der Waals surface area contributed by atoms with Gasteiger partial charge in [0.1, 0.15) is 16.4 Å². The lowest BCUT2D eigenvalue weighted by Gasteiger charge is -2.11. The van der Waals surface area contributed by atoms with E-state index in [1.165, 1.54) is 11.3 Å². The molecule has 0 radical (unpaired) electrons. The van der Waals surface area contributed by atoms with Crippen LogP contribution in [0.4, 0.5) is 5.82 Å². The number of methoxy groups -OCH3 is 1. The first-order valence-electron chi connectivity index (χ1n) is 7.58. The highest BCUT2D eigenvalue weighted by Crippen LogP contribution is 2.31. The van der Waals surface area contributed by atoms with Crippen LogP contribution >= 0.6 is 23.6 Å². The van der Waals surface area contributed by atoms with Crippen molar-refractivity contribution in [3.8, 4) is 11.4 Å². The summed E-state index contributed by atoms with van der Waals surface area (Å²) < 4.78 is 7.52. The topological polar surface area (TPSA) is 69.3 Å². The number of nitrogen functional groups attached to an aromatic ring is 1. The third kappa shape index (κ3) is 3.57. The van der Waals surface area contributed by atoms with Gasteiger partial charge in [-0.3, -0.25) is 9.36 Å². The van der Waals surface area contributed by atoms with Crippen LogP contribution in [0.5, 0.6) is 5.75 Å². The van der Waals surface area contributed by atoms with Crippen molar-refractivity contribution in [3.63, 3.8) is 0 Å². The SMILES string of the molecule is COc1ccccc1-n1c(N)c(C(=O)NCc2ccccc2)sc1=S. The molecule has 0 fully saturated rings. The van der Waals surface area contributed by atoms with Crippen LogP contribution in [0.2, 0.25) is 0 Å². The second-order valence-electron chi connectivity index (χ2n) is 5.26. The van der Waals surface area contributed by atoms with Gasteiger partial charge in [0.2, 0.25) is 0 Å². The average Bonchev–Trinajstić information content (AvgIpc) is 2.95. The summed E-state index contributed by atoms with van der Waals surface area (Å²) in [6.45, 7) is 0.429. The van der Waals surface area contributed by atoms with Gasteiger partial charge in [-0.25, -0.2) is 0 Å². The van der Waals surface area contributed by atoms with Gasteiger partial charge in [-0.2, -0.15) is 0 Å². The Morgan fingerprint density at radius 2 is 1.88 bits per heavy atom. The summed E-state index contributed by atoms with van der Waals surface area (Å²) in [4.78, 5) is 12.9. The van der Waals surface area contributed by atoms with Gasteiger partial charge in [-0.1, -0.05) is 53.8 Å². The summed E-state index contributed by atoms with van der Waals surface area (Å²) in [5.41, 5.74) is 7.95. The number of carbonyl (C=O) groups is 1. The Morgan fingerprint density at radius 1 is 1.20 bits per heavy atom. The number of rotatable bonds is 5. The number of thiazole rings is 1. The Bertz CT molecular complexity index is 948. The zero-order chi connectivity index (χ0) is 17.8. The van der Waals surface area contributed by atoms with E-state index in [9.17, 15) is 4.79 Å². The molecule has 2 aromatic carbocycles. The van der Waals surface area contributed by atoms with Gasteiger partial charge >= 0.3 is 0 Å². The maximum atomic E-state index is 12.5. The van der Waals surface area contributed by atoms with Gasteiger partial charge in [0.05, 0.1) is 12.8 Å². The van der Waals surface area contributed by atoms with E-state index in [4.69, 9.17) is 22.7 Å². The van der Waals surface area contributed by atoms with Gasteiger partial charge in [0.15, 0.2) is 3.95 Å². The molecule has 0 atom stereocenters. The molecule has 0 saturated heterocycles. The Labute approximate surface area is 154 Å². The molecule has 25 heavy (non-hydrogen) atoms. The van der Waals surface area contributed by atoms with Crippen molar-refractivity contribution < 1.29 is 9.53 Å². The number of amides is 1. The van der Waals surface area contributed by atoms with Crippen LogP contribution in [-0.4, -0.2) is 17.6 Å². The summed E-state index contributed by atoms with van der Waals surface area (Å²) in [7, 11) is 1.58. The van der Waals surface area contributed by atoms with E-state index in [0.29, 0.717) is 32.6 Å². The summed E-state index contributed by atoms with van der Waals surface area (Å²) in [6, 6.07) is 17.1. The van der Waals surface area contributed by atoms with Gasteiger partial charge in [-0.15, -0.1) is 0 Å². The number of para-hydroxylation sites is 2. The van der Waals surface area contributed by atoms with Crippen LogP contribution < -0.4 is 15.8 Å². The van der Waals surface area contributed by atoms with Crippen molar-refractivity contribution in [2.45, 2.75) is 6.54 Å². The summed E-state index contributed by atoms with van der Waals surface area (Å²) in [5.74, 6) is 0.704. The molecular formula is C18H17N3O2S2. The number of hydrogen-bond donors (Lipinski definition) is 2. The monoisotopic (exact) mass is 371 g/mol. The zero-order valence-corrected chi connectivity index (χ0v) is 15.2. The molecule has 3 aromatic rings. The first-order valence-corrected chi connectivity index (χ1v) is 8.81. The largest absolute Gasteiger partial charge is 0.495 e. The highest BCUT2D eigenvalue weighted by molar-refractivity contribution is 7.73. The molecule has 0 aliphatic heterocycles. The number of carbonyl (C=O) groups excluding carboxylic acids is 1. The van der Waals surface area contributed by atoms with Crippen molar-refractivity contribution in [2.24, 2.45) is 0 Å². The Hall–Kier alpha value is -2.64. The fourth-order valence-corrected chi connectivity index (χ4v) is 3.72. The number of benzene rings is 2. The third-order valence-electron chi connectivity index (χ3n) is 3.67. The maximum absolute atomic E-state index is 12.5. The third-order valence-corrected chi connectivity index (χ3v) is 5.06. The minimum atomic E-state index is -0.244. The molecule has 7 heteroatoms. The zero-order valence-electron chi connectivity index (χ0n) is 13.6. The number of ether oxygens (including phenoxy) is 1. The van der Waals surface area contributed by atoms with Crippen LogP contribution in [0.1, 0.15) is 15.2 Å². The molecule has 1 amide bonds. The van der Waals surface area contributed by atoms with Gasteiger partial charge in [0.25, 0.3) is 5.91 Å². The van der Waals surface area contributed by atoms with E-state index in [-0.39, 0.29) is 5.91 Å². The molecule has 0 aliphatic carbocycles. The minimum Gasteiger partial charge on any atom is -0.495 e. The maximum Gasteiger partial charge on any atom is 0.265 e. The Kier molecular flexibility index (Phi) is 5.16. The lowest BCUT2D eigenvalue weighted by molar-refractivity contribution is 0.0955. The molecule has 0 bridgehead atoms. The van der Waals surface area contributed by atoms with Crippen LogP contribution in [-0.2, 0) is 6.54 Å². The standard InChI is InChI=1S/C18H17N3O2S2/c1-23-14-10-6-5-9-13(14)21-16(19)15(25-18(21)24)17(22)20-11-12-7-3-2-4-8-12/h2-10H,11,19H2,1H3,(H,20,22). The molecule has 3 N–H and O–H groups in total. The number of hydrogen-bond acceptors (Lipinski definition) is 5. The number of nitrogens with two attached hydrogens (primary N) is 1. The fraction of sp³-hybridized carbons (Fsp3) is 0.111. The first kappa shape index (κ1) is 17.2. The van der Waals surface area contributed by atoms with E-state index in [1.54, 1.807) is 11.7 Å². The van der Waals surface area contributed by atoms with Crippen molar-refractivity contribution in [1.82, 2.24) is 9.88 Å². The molecule has 1 heterocycles. The fourth-order valence-electron chi connectivity index (χ4n) is 2.45. The van der Waals surface area contributed by atoms with E-state index >= 15 is 0 Å². The van der Waals surface area contributed by atoms with E-state index < -0.39 is 0 Å². The summed E-state index contributed by atoms with van der Waals surface area (Å²) >= 11 is 6.60. The second-order valence-corrected chi connectivity index (χ2v) is 6.90. The molecular weight excluding hydrogens is 354 g/mol. The number of aromatic nitrogens is 1. The number of nitrogens with zero attached hydrogens (tertiary/aromatic N) is 1. The van der Waals surface area contributed by atoms with Gasteiger partial charge in [-0.05, 0) is 29.9 Å². The van der Waals surface area contributed by atoms with Crippen molar-refractivity contribution in [3.05, 3.63) is 69.0 Å². The van der Waals surface area contributed by atoms with Gasteiger partial charge in [0, 0.05) is 6.54 Å². The van der Waals surface area contributed by atoms with Crippen molar-refractivity contribution >= 4 is 35.3 Å². The quantitative estimate of drug-likeness (QED) is 0.670. The van der Waals surface area contributed by atoms with E-state index in [2.05, 4.69) is 5.32 Å². The lowest BCUT2D eigenvalue weighted by Crippen LogP contribution is -2.23. The first-order chi connectivity index (χ1) is 12.1. The Balaban J connectivity index is 1.89. The summed E-state index contributed by atoms with van der Waals surface area (Å²) in [5, 5.41) is 2.88. The van der Waals surface area contributed by atoms with Crippen molar-refractivity contribution in [2.75, 3.05) is 12.8 Å². The minimum absolute atomic E-state index is 0.244. The molecule has 0 spiro atoms. The predicted octanol–water partition coefficient (Wildman–Crippen LogP) is 3.79. The van der Waals surface area contributed by atoms with E-state index in [1.807, 2.05) is 54.6 Å². The number of nitrogens with one attached hydrogen (secondary N) is 1. The molecule has 5 nitrogen and oxygen atoms in total. The smallest absolute Gasteiger partial charge is 0.265 e. The van der Waals surface area contributed by atoms with Crippen LogP contribution in [0.3, 0.4) is 0 Å². The molecule has 0 saturated carbocycles. The van der Waals surface area contributed by atoms with Crippen LogP contribution in [0.15, 0.2) is 54.6 Å². The number of anilines is 1. The highest BCUT2D eigenvalue weighted by Gasteiger charge is 2.19. The summed E-state index contributed by atoms with van der Waals surface area (Å²) in [6.07, 6.45) is 0. The van der Waals surface area contributed by atoms with Crippen LogP contribution in [0.25, 0.3) is 5.69 Å².